The van der Waals surface area contributed by atoms with E-state index in [-0.39, 0.29) is 15.5 Å². The van der Waals surface area contributed by atoms with Gasteiger partial charge in [0.25, 0.3) is 0 Å². The van der Waals surface area contributed by atoms with Crippen molar-refractivity contribution in [3.8, 4) is 0 Å². The Morgan fingerprint density at radius 1 is 1.53 bits per heavy atom. The molecular weight excluding hydrogens is 302 g/mol. The molecule has 2 rings (SSSR count). The number of aryl methyl sites for hydroxylation is 1. The second-order valence-corrected chi connectivity index (χ2v) is 5.95. The molecule has 3 nitrogen and oxygen atoms in total. The number of halogens is 1. The molecule has 0 spiro atoms. The number of ketones is 1. The van der Waals surface area contributed by atoms with Gasteiger partial charge in [0.2, 0.25) is 0 Å². The number of hydrogen-bond donors (Lipinski definition) is 0. The lowest BCUT2D eigenvalue weighted by Gasteiger charge is -2.06. The van der Waals surface area contributed by atoms with Gasteiger partial charge in [-0.2, -0.15) is 0 Å². The normalized spacial score (nSPS) is 12.9. The third-order valence-corrected chi connectivity index (χ3v) is 4.80. The molecule has 90 valence electrons. The lowest BCUT2D eigenvalue weighted by Crippen LogP contribution is -2.13. The molecule has 0 saturated heterocycles. The number of hydrogen-bond acceptors (Lipinski definition) is 3. The maximum atomic E-state index is 12.0. The van der Waals surface area contributed by atoms with Gasteiger partial charge in [-0.05, 0) is 24.6 Å². The monoisotopic (exact) mass is 313 g/mol. The Morgan fingerprint density at radius 2 is 2.24 bits per heavy atom. The van der Waals surface area contributed by atoms with Crippen LogP contribution in [-0.2, 0) is 7.05 Å². The van der Waals surface area contributed by atoms with Gasteiger partial charge in [0.1, 0.15) is 0 Å². The van der Waals surface area contributed by atoms with Gasteiger partial charge in [-0.25, -0.2) is 0 Å². The van der Waals surface area contributed by atoms with Gasteiger partial charge in [-0.15, -0.1) is 0 Å². The van der Waals surface area contributed by atoms with Crippen molar-refractivity contribution in [2.45, 2.75) is 18.2 Å². The lowest BCUT2D eigenvalue weighted by molar-refractivity contribution is 0.0990. The number of rotatable bonds is 3. The Morgan fingerprint density at radius 3 is 2.88 bits per heavy atom. The molecule has 5 heteroatoms. The van der Waals surface area contributed by atoms with Crippen molar-refractivity contribution in [2.24, 2.45) is 7.05 Å². The van der Waals surface area contributed by atoms with E-state index in [1.54, 1.807) is 23.7 Å². The molecule has 2 aromatic rings. The van der Waals surface area contributed by atoms with Gasteiger partial charge in [0.15, 0.2) is 5.78 Å². The summed E-state index contributed by atoms with van der Waals surface area (Å²) in [6.07, 6.45) is 0.749. The SMILES string of the molecule is CCC(Br)C(=O)c1ccc2sc(=O)n(C)c2c1. The first kappa shape index (κ1) is 12.5. The van der Waals surface area contributed by atoms with E-state index < -0.39 is 0 Å². The summed E-state index contributed by atoms with van der Waals surface area (Å²) in [5.41, 5.74) is 1.47. The summed E-state index contributed by atoms with van der Waals surface area (Å²) in [5, 5.41) is 0. The van der Waals surface area contributed by atoms with E-state index >= 15 is 0 Å². The fourth-order valence-corrected chi connectivity index (χ4v) is 2.77. The van der Waals surface area contributed by atoms with E-state index in [0.29, 0.717) is 5.56 Å². The van der Waals surface area contributed by atoms with E-state index in [0.717, 1.165) is 16.6 Å². The molecule has 0 aliphatic heterocycles. The molecule has 0 aliphatic carbocycles. The largest absolute Gasteiger partial charge is 0.307 e. The van der Waals surface area contributed by atoms with E-state index in [2.05, 4.69) is 15.9 Å². The molecule has 0 radical (unpaired) electrons. The zero-order chi connectivity index (χ0) is 12.6. The summed E-state index contributed by atoms with van der Waals surface area (Å²) in [4.78, 5) is 23.3. The Balaban J connectivity index is 2.54. The van der Waals surface area contributed by atoms with Gasteiger partial charge < -0.3 is 4.57 Å². The minimum Gasteiger partial charge on any atom is -0.302 e. The summed E-state index contributed by atoms with van der Waals surface area (Å²) in [6.45, 7) is 1.95. The fourth-order valence-electron chi connectivity index (χ4n) is 1.65. The summed E-state index contributed by atoms with van der Waals surface area (Å²) in [6, 6.07) is 5.41. The predicted octanol–water partition coefficient (Wildman–Crippen LogP) is 2.96. The first-order valence-electron chi connectivity index (χ1n) is 5.32. The molecule has 0 saturated carbocycles. The Kier molecular flexibility index (Phi) is 3.49. The molecular formula is C12H12BrNO2S. The second kappa shape index (κ2) is 4.74. The van der Waals surface area contributed by atoms with E-state index in [1.165, 1.54) is 11.3 Å². The van der Waals surface area contributed by atoms with Gasteiger partial charge in [0, 0.05) is 12.6 Å². The van der Waals surface area contributed by atoms with Gasteiger partial charge in [-0.3, -0.25) is 9.59 Å². The number of carbonyl (C=O) groups is 1. The molecule has 1 heterocycles. The van der Waals surface area contributed by atoms with Crippen LogP contribution in [0.3, 0.4) is 0 Å². The lowest BCUT2D eigenvalue weighted by atomic mass is 10.1. The highest BCUT2D eigenvalue weighted by atomic mass is 79.9. The molecule has 1 aromatic heterocycles. The van der Waals surface area contributed by atoms with Crippen LogP contribution < -0.4 is 4.87 Å². The molecule has 17 heavy (non-hydrogen) atoms. The van der Waals surface area contributed by atoms with E-state index in [9.17, 15) is 9.59 Å². The van der Waals surface area contributed by atoms with E-state index in [1.807, 2.05) is 13.0 Å². The highest BCUT2D eigenvalue weighted by Gasteiger charge is 2.16. The number of nitrogens with zero attached hydrogens (tertiary/aromatic N) is 1. The smallest absolute Gasteiger partial charge is 0.302 e. The molecule has 1 aromatic carbocycles. The molecule has 0 amide bonds. The number of alkyl halides is 1. The van der Waals surface area contributed by atoms with Crippen LogP contribution in [0.25, 0.3) is 10.2 Å². The standard InChI is InChI=1S/C12H12BrNO2S/c1-3-8(13)11(15)7-4-5-10-9(6-7)14(2)12(16)17-10/h4-6,8H,3H2,1-2H3. The number of fused-ring (bicyclic) bond motifs is 1. The summed E-state index contributed by atoms with van der Waals surface area (Å²) in [7, 11) is 1.72. The number of thiazole rings is 1. The maximum Gasteiger partial charge on any atom is 0.307 e. The minimum absolute atomic E-state index is 0.00418. The van der Waals surface area contributed by atoms with Crippen molar-refractivity contribution in [1.82, 2.24) is 4.57 Å². The zero-order valence-electron chi connectivity index (χ0n) is 9.57. The van der Waals surface area contributed by atoms with Crippen LogP contribution >= 0.6 is 27.3 Å². The molecule has 1 atom stereocenters. The minimum atomic E-state index is -0.157. The Labute approximate surface area is 111 Å². The van der Waals surface area contributed by atoms with Crippen LogP contribution in [-0.4, -0.2) is 15.2 Å². The van der Waals surface area contributed by atoms with E-state index in [4.69, 9.17) is 0 Å². The van der Waals surface area contributed by atoms with Gasteiger partial charge >= 0.3 is 4.87 Å². The molecule has 0 N–H and O–H groups in total. The zero-order valence-corrected chi connectivity index (χ0v) is 12.0. The van der Waals surface area contributed by atoms with Crippen LogP contribution in [0.15, 0.2) is 23.0 Å². The second-order valence-electron chi connectivity index (χ2n) is 3.85. The van der Waals surface area contributed by atoms with Crippen LogP contribution in [0.4, 0.5) is 0 Å². The fraction of sp³-hybridized carbons (Fsp3) is 0.333. The Hall–Kier alpha value is -0.940. The molecule has 0 aliphatic rings. The first-order chi connectivity index (χ1) is 8.04. The van der Waals surface area contributed by atoms with Crippen molar-refractivity contribution in [1.29, 1.82) is 0 Å². The van der Waals surface area contributed by atoms with Crippen LogP contribution in [0.5, 0.6) is 0 Å². The van der Waals surface area contributed by atoms with Gasteiger partial charge in [-0.1, -0.05) is 34.2 Å². The number of aromatic nitrogens is 1. The number of benzene rings is 1. The number of carbonyl (C=O) groups excluding carboxylic acids is 1. The molecule has 1 unspecified atom stereocenters. The maximum absolute atomic E-state index is 12.0. The summed E-state index contributed by atoms with van der Waals surface area (Å²) >= 11 is 4.55. The topological polar surface area (TPSA) is 39.1 Å². The van der Waals surface area contributed by atoms with Crippen LogP contribution in [0, 0.1) is 0 Å². The van der Waals surface area contributed by atoms with Crippen molar-refractivity contribution >= 4 is 43.3 Å². The third-order valence-electron chi connectivity index (χ3n) is 2.72. The molecule has 0 bridgehead atoms. The van der Waals surface area contributed by atoms with Crippen LogP contribution in [0.1, 0.15) is 23.7 Å². The van der Waals surface area contributed by atoms with Crippen molar-refractivity contribution in [3.63, 3.8) is 0 Å². The van der Waals surface area contributed by atoms with Crippen molar-refractivity contribution < 1.29 is 4.79 Å². The summed E-state index contributed by atoms with van der Waals surface area (Å²) in [5.74, 6) is 0.0630. The number of Topliss-reactive ketones (excluding diaryl/α,β-unsaturated/α-hetero) is 1. The first-order valence-corrected chi connectivity index (χ1v) is 7.05. The average Bonchev–Trinajstić information content (AvgIpc) is 2.63. The average molecular weight is 314 g/mol. The highest BCUT2D eigenvalue weighted by Crippen LogP contribution is 2.21. The molecule has 0 fully saturated rings. The van der Waals surface area contributed by atoms with Crippen LogP contribution in [0.2, 0.25) is 0 Å². The van der Waals surface area contributed by atoms with Crippen molar-refractivity contribution in [3.05, 3.63) is 33.4 Å². The van der Waals surface area contributed by atoms with Gasteiger partial charge in [0.05, 0.1) is 15.0 Å². The highest BCUT2D eigenvalue weighted by molar-refractivity contribution is 9.10. The third kappa shape index (κ3) is 2.21. The Bertz CT molecular complexity index is 629. The van der Waals surface area contributed by atoms with Crippen molar-refractivity contribution in [2.75, 3.05) is 0 Å². The summed E-state index contributed by atoms with van der Waals surface area (Å²) < 4.78 is 2.49. The predicted molar refractivity (Wildman–Crippen MR) is 74.4 cm³/mol. The quantitative estimate of drug-likeness (QED) is 0.645.